The molecule has 0 saturated heterocycles. The van der Waals surface area contributed by atoms with Gasteiger partial charge in [0.05, 0.1) is 0 Å². The number of halogens is 7. The van der Waals surface area contributed by atoms with Crippen LogP contribution < -0.4 is 4.74 Å². The van der Waals surface area contributed by atoms with Gasteiger partial charge in [0.2, 0.25) is 0 Å². The van der Waals surface area contributed by atoms with E-state index in [-0.39, 0.29) is 17.7 Å². The number of allylic oxidation sites excluding steroid dienone is 3. The molecular weight excluding hydrogens is 365 g/mol. The summed E-state index contributed by atoms with van der Waals surface area (Å²) in [4.78, 5) is 0. The van der Waals surface area contributed by atoms with E-state index in [1.165, 1.54) is 12.2 Å². The van der Waals surface area contributed by atoms with Gasteiger partial charge < -0.3 is 4.74 Å². The third-order valence-corrected chi connectivity index (χ3v) is 3.40. The molecule has 0 heterocycles. The van der Waals surface area contributed by atoms with Gasteiger partial charge in [-0.1, -0.05) is 18.7 Å². The van der Waals surface area contributed by atoms with Gasteiger partial charge in [0.25, 0.3) is 0 Å². The molecule has 1 nitrogen and oxygen atoms in total. The van der Waals surface area contributed by atoms with Crippen LogP contribution in [0.5, 0.6) is 5.75 Å². The molecule has 138 valence electrons. The van der Waals surface area contributed by atoms with Crippen LogP contribution in [0.3, 0.4) is 0 Å². The molecule has 0 fully saturated rings. The van der Waals surface area contributed by atoms with E-state index in [2.05, 4.69) is 11.3 Å². The first-order chi connectivity index (χ1) is 12.1. The number of hydrogen-bond acceptors (Lipinski definition) is 1. The van der Waals surface area contributed by atoms with E-state index in [1.54, 1.807) is 6.92 Å². The molecule has 0 amide bonds. The summed E-state index contributed by atoms with van der Waals surface area (Å²) >= 11 is 0. The smallest absolute Gasteiger partial charge is 0.429 e. The van der Waals surface area contributed by atoms with Gasteiger partial charge in [-0.25, -0.2) is 22.0 Å². The molecule has 0 bridgehead atoms. The molecule has 2 rings (SSSR count). The summed E-state index contributed by atoms with van der Waals surface area (Å²) in [6.07, 6.45) is -1.89. The van der Waals surface area contributed by atoms with E-state index >= 15 is 0 Å². The molecule has 2 aromatic rings. The van der Waals surface area contributed by atoms with Gasteiger partial charge >= 0.3 is 6.11 Å². The Hall–Kier alpha value is -2.77. The summed E-state index contributed by atoms with van der Waals surface area (Å²) < 4.78 is 99.6. The predicted octanol–water partition coefficient (Wildman–Crippen LogP) is 6.10. The lowest BCUT2D eigenvalue weighted by molar-refractivity contribution is -0.189. The Balaban J connectivity index is 2.47. The first kappa shape index (κ1) is 19.6. The number of benzene rings is 2. The molecule has 2 aromatic carbocycles. The van der Waals surface area contributed by atoms with Crippen molar-refractivity contribution in [3.8, 4) is 5.75 Å². The normalized spacial score (nSPS) is 12.2. The van der Waals surface area contributed by atoms with Gasteiger partial charge in [0.15, 0.2) is 17.5 Å². The van der Waals surface area contributed by atoms with E-state index in [4.69, 9.17) is 0 Å². The monoisotopic (exact) mass is 376 g/mol. The van der Waals surface area contributed by atoms with Crippen molar-refractivity contribution in [1.29, 1.82) is 0 Å². The molecule has 0 saturated carbocycles. The zero-order valence-electron chi connectivity index (χ0n) is 13.2. The summed E-state index contributed by atoms with van der Waals surface area (Å²) in [7, 11) is 0. The molecule has 0 atom stereocenters. The summed E-state index contributed by atoms with van der Waals surface area (Å²) in [5, 5.41) is 0. The highest BCUT2D eigenvalue weighted by molar-refractivity contribution is 5.73. The van der Waals surface area contributed by atoms with E-state index in [0.717, 1.165) is 0 Å². The van der Waals surface area contributed by atoms with Crippen LogP contribution in [-0.2, 0) is 6.11 Å². The average molecular weight is 376 g/mol. The Labute approximate surface area is 144 Å². The highest BCUT2D eigenvalue weighted by atomic mass is 19.3. The summed E-state index contributed by atoms with van der Waals surface area (Å²) in [5.41, 5.74) is -1.51. The average Bonchev–Trinajstić information content (AvgIpc) is 2.52. The second-order valence-electron chi connectivity index (χ2n) is 5.08. The molecule has 0 aliphatic heterocycles. The number of hydrogen-bond donors (Lipinski definition) is 0. The Kier molecular flexibility index (Phi) is 5.44. The maximum atomic E-state index is 14.1. The van der Waals surface area contributed by atoms with Crippen LogP contribution in [0.15, 0.2) is 43.0 Å². The molecular formula is C18H11F7O. The largest absolute Gasteiger partial charge is 0.432 e. The Bertz CT molecular complexity index is 841. The summed E-state index contributed by atoms with van der Waals surface area (Å²) in [5.74, 6) is -9.92. The fraction of sp³-hybridized carbons (Fsp3) is 0.111. The van der Waals surface area contributed by atoms with Crippen LogP contribution >= 0.6 is 0 Å². The molecule has 0 unspecified atom stereocenters. The van der Waals surface area contributed by atoms with Gasteiger partial charge in [-0.2, -0.15) is 8.78 Å². The molecule has 0 radical (unpaired) electrons. The maximum absolute atomic E-state index is 14.1. The minimum absolute atomic E-state index is 0.0454. The van der Waals surface area contributed by atoms with E-state index in [1.807, 2.05) is 0 Å². The van der Waals surface area contributed by atoms with Crippen molar-refractivity contribution in [2.24, 2.45) is 0 Å². The third-order valence-electron chi connectivity index (χ3n) is 3.40. The third kappa shape index (κ3) is 3.74. The van der Waals surface area contributed by atoms with Crippen LogP contribution in [0.4, 0.5) is 30.7 Å². The lowest BCUT2D eigenvalue weighted by Crippen LogP contribution is -2.25. The van der Waals surface area contributed by atoms with Crippen molar-refractivity contribution >= 4 is 5.57 Å². The zero-order valence-corrected chi connectivity index (χ0v) is 13.2. The predicted molar refractivity (Wildman–Crippen MR) is 81.0 cm³/mol. The van der Waals surface area contributed by atoms with Gasteiger partial charge in [-0.15, -0.1) is 0 Å². The minimum atomic E-state index is -4.62. The first-order valence-electron chi connectivity index (χ1n) is 7.10. The van der Waals surface area contributed by atoms with Crippen LogP contribution in [0.25, 0.3) is 5.57 Å². The number of ether oxygens (including phenoxy) is 1. The van der Waals surface area contributed by atoms with Gasteiger partial charge in [0, 0.05) is 12.1 Å². The van der Waals surface area contributed by atoms with Crippen molar-refractivity contribution in [2.45, 2.75) is 13.0 Å². The SMILES string of the molecule is C=C/C(=C\C)c1cc(F)c(C(F)(F)Oc2cc(F)c(F)c(F)c2)c(F)c1. The standard InChI is InChI=1S/C18H11F7O/c1-3-9(4-2)10-5-12(19)16(13(20)6-10)18(24,25)26-11-7-14(21)17(23)15(22)8-11/h3-8H,1H2,2H3/b9-4+. The highest BCUT2D eigenvalue weighted by Gasteiger charge is 2.41. The van der Waals surface area contributed by atoms with Crippen molar-refractivity contribution in [1.82, 2.24) is 0 Å². The molecule has 0 N–H and O–H groups in total. The van der Waals surface area contributed by atoms with E-state index < -0.39 is 46.5 Å². The summed E-state index contributed by atoms with van der Waals surface area (Å²) in [6, 6.07) is 1.54. The van der Waals surface area contributed by atoms with Gasteiger partial charge in [-0.3, -0.25) is 0 Å². The van der Waals surface area contributed by atoms with E-state index in [0.29, 0.717) is 17.7 Å². The van der Waals surface area contributed by atoms with Crippen molar-refractivity contribution in [3.05, 3.63) is 83.2 Å². The highest BCUT2D eigenvalue weighted by Crippen LogP contribution is 2.37. The van der Waals surface area contributed by atoms with Crippen molar-refractivity contribution in [3.63, 3.8) is 0 Å². The maximum Gasteiger partial charge on any atom is 0.432 e. The number of alkyl halides is 2. The van der Waals surface area contributed by atoms with Crippen LogP contribution in [-0.4, -0.2) is 0 Å². The van der Waals surface area contributed by atoms with Gasteiger partial charge in [-0.05, 0) is 30.2 Å². The molecule has 0 spiro atoms. The fourth-order valence-electron chi connectivity index (χ4n) is 2.21. The minimum Gasteiger partial charge on any atom is -0.429 e. The molecule has 8 heteroatoms. The Morgan fingerprint density at radius 3 is 1.85 bits per heavy atom. The molecule has 0 aliphatic rings. The van der Waals surface area contributed by atoms with Crippen molar-refractivity contribution in [2.75, 3.05) is 0 Å². The first-order valence-corrected chi connectivity index (χ1v) is 7.10. The Morgan fingerprint density at radius 1 is 0.923 bits per heavy atom. The molecule has 26 heavy (non-hydrogen) atoms. The second kappa shape index (κ2) is 7.23. The Morgan fingerprint density at radius 2 is 1.42 bits per heavy atom. The molecule has 0 aromatic heterocycles. The van der Waals surface area contributed by atoms with Crippen molar-refractivity contribution < 1.29 is 35.5 Å². The lowest BCUT2D eigenvalue weighted by Gasteiger charge is -2.20. The number of rotatable bonds is 5. The second-order valence-corrected chi connectivity index (χ2v) is 5.08. The molecule has 0 aliphatic carbocycles. The summed E-state index contributed by atoms with van der Waals surface area (Å²) in [6.45, 7) is 4.98. The van der Waals surface area contributed by atoms with Crippen LogP contribution in [0.2, 0.25) is 0 Å². The van der Waals surface area contributed by atoms with Crippen LogP contribution in [0.1, 0.15) is 18.1 Å². The zero-order chi connectivity index (χ0) is 19.6. The topological polar surface area (TPSA) is 9.23 Å². The van der Waals surface area contributed by atoms with Gasteiger partial charge in [0.1, 0.15) is 22.9 Å². The fourth-order valence-corrected chi connectivity index (χ4v) is 2.21. The van der Waals surface area contributed by atoms with E-state index in [9.17, 15) is 30.7 Å². The van der Waals surface area contributed by atoms with Crippen LogP contribution in [0, 0.1) is 29.1 Å². The quantitative estimate of drug-likeness (QED) is 0.348. The lowest BCUT2D eigenvalue weighted by atomic mass is 10.0.